The number of aromatic nitrogens is 4. The summed E-state index contributed by atoms with van der Waals surface area (Å²) >= 11 is 3.46. The first kappa shape index (κ1) is 15.7. The quantitative estimate of drug-likeness (QED) is 0.732. The summed E-state index contributed by atoms with van der Waals surface area (Å²) in [4.78, 5) is 8.82. The Morgan fingerprint density at radius 3 is 2.61 bits per heavy atom. The molecule has 0 aliphatic heterocycles. The highest BCUT2D eigenvalue weighted by atomic mass is 79.9. The number of nitrogens with zero attached hydrogens (tertiary/aromatic N) is 4. The molecular formula is C16H19BrN6. The Labute approximate surface area is 143 Å². The number of rotatable bonds is 4. The minimum absolute atomic E-state index is 0.0692. The normalized spacial score (nSPS) is 11.8. The third-order valence-electron chi connectivity index (χ3n) is 3.94. The zero-order valence-electron chi connectivity index (χ0n) is 13.3. The number of hydrogen-bond donors (Lipinski definition) is 2. The molecule has 2 aromatic heterocycles. The lowest BCUT2D eigenvalue weighted by Gasteiger charge is -2.25. The third kappa shape index (κ3) is 3.14. The topological polar surface area (TPSA) is 81.7 Å². The van der Waals surface area contributed by atoms with E-state index in [1.807, 2.05) is 19.2 Å². The fourth-order valence-electron chi connectivity index (χ4n) is 2.43. The first-order chi connectivity index (χ1) is 10.9. The summed E-state index contributed by atoms with van der Waals surface area (Å²) in [5, 5.41) is 8.23. The van der Waals surface area contributed by atoms with Crippen LogP contribution in [-0.2, 0) is 12.5 Å². The molecule has 0 bridgehead atoms. The van der Waals surface area contributed by atoms with Crippen molar-refractivity contribution >= 4 is 38.7 Å². The summed E-state index contributed by atoms with van der Waals surface area (Å²) in [5.41, 5.74) is 7.88. The molecule has 120 valence electrons. The molecule has 3 rings (SSSR count). The summed E-state index contributed by atoms with van der Waals surface area (Å²) in [7, 11) is 1.84. The van der Waals surface area contributed by atoms with Gasteiger partial charge >= 0.3 is 0 Å². The molecule has 7 heteroatoms. The molecule has 0 spiro atoms. The summed E-state index contributed by atoms with van der Waals surface area (Å²) in [6.45, 7) is 5.04. The standard InChI is InChI=1S/C16H19BrN6/c1-16(2,10-4-6-11(17)7-5-10)9-19-15-21-13(18)12-8-20-23(3)14(12)22-15/h4-8H,9H2,1-3H3,(H3,18,19,21,22). The average Bonchev–Trinajstić information content (AvgIpc) is 2.88. The number of nitrogen functional groups attached to an aromatic ring is 1. The molecule has 0 aliphatic carbocycles. The van der Waals surface area contributed by atoms with Crippen LogP contribution in [0, 0.1) is 0 Å². The minimum atomic E-state index is -0.0692. The van der Waals surface area contributed by atoms with Crippen LogP contribution in [0.5, 0.6) is 0 Å². The van der Waals surface area contributed by atoms with Gasteiger partial charge in [0.05, 0.1) is 11.6 Å². The SMILES string of the molecule is Cn1ncc2c(N)nc(NCC(C)(C)c3ccc(Br)cc3)nc21. The van der Waals surface area contributed by atoms with Crippen LogP contribution in [0.25, 0.3) is 11.0 Å². The van der Waals surface area contributed by atoms with E-state index in [0.29, 0.717) is 18.3 Å². The van der Waals surface area contributed by atoms with Crippen LogP contribution in [0.1, 0.15) is 19.4 Å². The van der Waals surface area contributed by atoms with Gasteiger partial charge in [-0.15, -0.1) is 0 Å². The fraction of sp³-hybridized carbons (Fsp3) is 0.312. The Morgan fingerprint density at radius 2 is 1.91 bits per heavy atom. The lowest BCUT2D eigenvalue weighted by Crippen LogP contribution is -2.28. The molecule has 0 atom stereocenters. The second-order valence-electron chi connectivity index (χ2n) is 6.18. The van der Waals surface area contributed by atoms with E-state index in [9.17, 15) is 0 Å². The molecule has 0 amide bonds. The first-order valence-electron chi connectivity index (χ1n) is 7.32. The molecule has 0 saturated carbocycles. The molecule has 3 N–H and O–H groups in total. The number of aryl methyl sites for hydroxylation is 1. The molecule has 0 radical (unpaired) electrons. The smallest absolute Gasteiger partial charge is 0.226 e. The van der Waals surface area contributed by atoms with Gasteiger partial charge in [-0.2, -0.15) is 15.1 Å². The van der Waals surface area contributed by atoms with Gasteiger partial charge in [0, 0.05) is 23.5 Å². The van der Waals surface area contributed by atoms with E-state index in [1.54, 1.807) is 10.9 Å². The average molecular weight is 375 g/mol. The van der Waals surface area contributed by atoms with Crippen molar-refractivity contribution in [2.24, 2.45) is 7.05 Å². The predicted octanol–water partition coefficient (Wildman–Crippen LogP) is 3.10. The van der Waals surface area contributed by atoms with Gasteiger partial charge in [-0.25, -0.2) is 0 Å². The molecule has 1 aromatic carbocycles. The number of anilines is 2. The van der Waals surface area contributed by atoms with Crippen molar-refractivity contribution in [2.45, 2.75) is 19.3 Å². The van der Waals surface area contributed by atoms with Crippen molar-refractivity contribution in [3.63, 3.8) is 0 Å². The fourth-order valence-corrected chi connectivity index (χ4v) is 2.69. The number of nitrogens with two attached hydrogens (primary N) is 1. The van der Waals surface area contributed by atoms with Gasteiger partial charge in [-0.3, -0.25) is 4.68 Å². The molecule has 0 fully saturated rings. The van der Waals surface area contributed by atoms with E-state index in [0.717, 1.165) is 15.5 Å². The van der Waals surface area contributed by atoms with Crippen molar-refractivity contribution < 1.29 is 0 Å². The van der Waals surface area contributed by atoms with Crippen LogP contribution < -0.4 is 11.1 Å². The van der Waals surface area contributed by atoms with Gasteiger partial charge in [0.15, 0.2) is 5.65 Å². The number of halogens is 1. The summed E-state index contributed by atoms with van der Waals surface area (Å²) in [5.74, 6) is 0.954. The van der Waals surface area contributed by atoms with Gasteiger partial charge in [0.2, 0.25) is 5.95 Å². The predicted molar refractivity (Wildman–Crippen MR) is 96.4 cm³/mol. The van der Waals surface area contributed by atoms with E-state index >= 15 is 0 Å². The Hall–Kier alpha value is -2.15. The summed E-state index contributed by atoms with van der Waals surface area (Å²) in [6, 6.07) is 8.33. The van der Waals surface area contributed by atoms with Gasteiger partial charge < -0.3 is 11.1 Å². The van der Waals surface area contributed by atoms with E-state index in [-0.39, 0.29) is 5.41 Å². The zero-order chi connectivity index (χ0) is 16.6. The Bertz CT molecular complexity index is 838. The Balaban J connectivity index is 1.82. The van der Waals surface area contributed by atoms with Gasteiger partial charge in [0.1, 0.15) is 5.82 Å². The van der Waals surface area contributed by atoms with E-state index in [1.165, 1.54) is 5.56 Å². The number of hydrogen-bond acceptors (Lipinski definition) is 5. The minimum Gasteiger partial charge on any atom is -0.383 e. The lowest BCUT2D eigenvalue weighted by atomic mass is 9.85. The van der Waals surface area contributed by atoms with Crippen LogP contribution in [0.3, 0.4) is 0 Å². The van der Waals surface area contributed by atoms with Crippen LogP contribution >= 0.6 is 15.9 Å². The van der Waals surface area contributed by atoms with Crippen LogP contribution in [-0.4, -0.2) is 26.3 Å². The van der Waals surface area contributed by atoms with E-state index in [4.69, 9.17) is 5.73 Å². The van der Waals surface area contributed by atoms with Crippen molar-refractivity contribution in [2.75, 3.05) is 17.6 Å². The van der Waals surface area contributed by atoms with E-state index in [2.05, 4.69) is 62.3 Å². The van der Waals surface area contributed by atoms with Crippen molar-refractivity contribution in [1.82, 2.24) is 19.7 Å². The van der Waals surface area contributed by atoms with Crippen LogP contribution in [0.15, 0.2) is 34.9 Å². The second kappa shape index (κ2) is 5.81. The van der Waals surface area contributed by atoms with Gasteiger partial charge in [-0.1, -0.05) is 41.9 Å². The summed E-state index contributed by atoms with van der Waals surface area (Å²) in [6.07, 6.45) is 1.68. The van der Waals surface area contributed by atoms with Crippen LogP contribution in [0.2, 0.25) is 0 Å². The maximum Gasteiger partial charge on any atom is 0.226 e. The Kier molecular flexibility index (Phi) is 3.97. The molecule has 0 saturated heterocycles. The number of benzene rings is 1. The second-order valence-corrected chi connectivity index (χ2v) is 7.10. The third-order valence-corrected chi connectivity index (χ3v) is 4.46. The van der Waals surface area contributed by atoms with Crippen molar-refractivity contribution in [3.05, 3.63) is 40.5 Å². The number of fused-ring (bicyclic) bond motifs is 1. The molecule has 0 unspecified atom stereocenters. The van der Waals surface area contributed by atoms with Gasteiger partial charge in [0.25, 0.3) is 0 Å². The monoisotopic (exact) mass is 374 g/mol. The number of nitrogens with one attached hydrogen (secondary N) is 1. The van der Waals surface area contributed by atoms with Crippen molar-refractivity contribution in [3.8, 4) is 0 Å². The van der Waals surface area contributed by atoms with Gasteiger partial charge in [-0.05, 0) is 17.7 Å². The summed E-state index contributed by atoms with van der Waals surface area (Å²) < 4.78 is 2.76. The molecular weight excluding hydrogens is 356 g/mol. The highest BCUT2D eigenvalue weighted by Crippen LogP contribution is 2.25. The van der Waals surface area contributed by atoms with Crippen molar-refractivity contribution in [1.29, 1.82) is 0 Å². The molecule has 0 aliphatic rings. The Morgan fingerprint density at radius 1 is 1.22 bits per heavy atom. The molecule has 3 aromatic rings. The lowest BCUT2D eigenvalue weighted by molar-refractivity contribution is 0.555. The first-order valence-corrected chi connectivity index (χ1v) is 8.11. The van der Waals surface area contributed by atoms with E-state index < -0.39 is 0 Å². The molecule has 23 heavy (non-hydrogen) atoms. The zero-order valence-corrected chi connectivity index (χ0v) is 14.9. The highest BCUT2D eigenvalue weighted by molar-refractivity contribution is 9.10. The maximum atomic E-state index is 5.99. The highest BCUT2D eigenvalue weighted by Gasteiger charge is 2.21. The van der Waals surface area contributed by atoms with Crippen LogP contribution in [0.4, 0.5) is 11.8 Å². The molecule has 2 heterocycles. The maximum absolute atomic E-state index is 5.99. The largest absolute Gasteiger partial charge is 0.383 e. The molecule has 6 nitrogen and oxygen atoms in total.